The molecule has 2 N–H and O–H groups in total. The number of halogens is 1. The van der Waals surface area contributed by atoms with Crippen LogP contribution < -0.4 is 5.32 Å². The average molecular weight is 279 g/mol. The molecule has 0 spiro atoms. The Balaban J connectivity index is 2.22. The number of rotatable bonds is 4. The Bertz CT molecular complexity index is 477. The van der Waals surface area contributed by atoms with Crippen molar-refractivity contribution in [3.05, 3.63) is 30.1 Å². The minimum atomic E-state index is -1.04. The Kier molecular flexibility index (Phi) is 4.63. The highest BCUT2D eigenvalue weighted by atomic mass is 19.1. The number of aliphatic carboxylic acids is 1. The number of carbonyl (C=O) groups is 1. The maximum Gasteiger partial charge on any atom is 0.329 e. The number of nitrogens with one attached hydrogen (secondary N) is 1. The minimum Gasteiger partial charge on any atom is -0.480 e. The first kappa shape index (κ1) is 14.8. The van der Waals surface area contributed by atoms with Crippen LogP contribution in [0.25, 0.3) is 0 Å². The summed E-state index contributed by atoms with van der Waals surface area (Å²) in [4.78, 5) is 11.8. The van der Waals surface area contributed by atoms with Gasteiger partial charge in [0, 0.05) is 0 Å². The minimum absolute atomic E-state index is 0.282. The molecule has 1 aliphatic carbocycles. The molecule has 110 valence electrons. The van der Waals surface area contributed by atoms with Gasteiger partial charge in [-0.05, 0) is 37.3 Å². The number of anilines is 1. The molecule has 0 bridgehead atoms. The van der Waals surface area contributed by atoms with Crippen molar-refractivity contribution in [2.24, 2.45) is 5.92 Å². The summed E-state index contributed by atoms with van der Waals surface area (Å²) in [7, 11) is 0. The second-order valence-electron chi connectivity index (χ2n) is 5.70. The van der Waals surface area contributed by atoms with Crippen molar-refractivity contribution >= 4 is 11.7 Å². The Morgan fingerprint density at radius 2 is 2.15 bits per heavy atom. The molecule has 0 saturated heterocycles. The van der Waals surface area contributed by atoms with Crippen molar-refractivity contribution in [1.29, 1.82) is 0 Å². The van der Waals surface area contributed by atoms with Crippen molar-refractivity contribution in [2.75, 3.05) is 5.32 Å². The van der Waals surface area contributed by atoms with E-state index < -0.39 is 17.3 Å². The number of carboxylic acid groups (broad SMARTS) is 1. The predicted octanol–water partition coefficient (Wildman–Crippen LogP) is 4.05. The largest absolute Gasteiger partial charge is 0.480 e. The van der Waals surface area contributed by atoms with E-state index in [-0.39, 0.29) is 5.69 Å². The fraction of sp³-hybridized carbons (Fsp3) is 0.562. The number of para-hydroxylation sites is 1. The summed E-state index contributed by atoms with van der Waals surface area (Å²) in [5.41, 5.74) is -0.753. The molecule has 1 aromatic rings. The van der Waals surface area contributed by atoms with Gasteiger partial charge in [-0.3, -0.25) is 0 Å². The van der Waals surface area contributed by atoms with Gasteiger partial charge in [0.15, 0.2) is 0 Å². The molecule has 0 amide bonds. The van der Waals surface area contributed by atoms with Gasteiger partial charge >= 0.3 is 5.97 Å². The summed E-state index contributed by atoms with van der Waals surface area (Å²) in [5, 5.41) is 12.6. The van der Waals surface area contributed by atoms with Gasteiger partial charge in [-0.25, -0.2) is 9.18 Å². The third-order valence-corrected chi connectivity index (χ3v) is 4.43. The third kappa shape index (κ3) is 3.11. The summed E-state index contributed by atoms with van der Waals surface area (Å²) < 4.78 is 13.8. The molecule has 2 unspecified atom stereocenters. The molecule has 1 fully saturated rings. The molecule has 1 saturated carbocycles. The quantitative estimate of drug-likeness (QED) is 0.817. The Labute approximate surface area is 119 Å². The van der Waals surface area contributed by atoms with E-state index in [0.29, 0.717) is 18.8 Å². The predicted molar refractivity (Wildman–Crippen MR) is 77.3 cm³/mol. The van der Waals surface area contributed by atoms with Gasteiger partial charge in [-0.1, -0.05) is 38.3 Å². The Morgan fingerprint density at radius 3 is 2.80 bits per heavy atom. The lowest BCUT2D eigenvalue weighted by molar-refractivity contribution is -0.142. The van der Waals surface area contributed by atoms with Gasteiger partial charge in [0.2, 0.25) is 0 Å². The number of hydrogen-bond donors (Lipinski definition) is 2. The first-order valence-corrected chi connectivity index (χ1v) is 7.33. The Hall–Kier alpha value is -1.58. The molecule has 2 atom stereocenters. The summed E-state index contributed by atoms with van der Waals surface area (Å²) in [5.74, 6) is -0.694. The molecule has 20 heavy (non-hydrogen) atoms. The smallest absolute Gasteiger partial charge is 0.329 e. The molecule has 4 heteroatoms. The lowest BCUT2D eigenvalue weighted by Crippen LogP contribution is -2.46. The van der Waals surface area contributed by atoms with Crippen LogP contribution in [-0.2, 0) is 4.79 Å². The Morgan fingerprint density at radius 1 is 1.40 bits per heavy atom. The van der Waals surface area contributed by atoms with Crippen molar-refractivity contribution < 1.29 is 14.3 Å². The number of benzene rings is 1. The van der Waals surface area contributed by atoms with Crippen LogP contribution in [0.2, 0.25) is 0 Å². The SMILES string of the molecule is CCC1CCCC(Nc2ccccc2F)(C(=O)O)CC1. The van der Waals surface area contributed by atoms with E-state index in [0.717, 1.165) is 25.7 Å². The van der Waals surface area contributed by atoms with Gasteiger partial charge in [0.25, 0.3) is 0 Å². The molecule has 0 aliphatic heterocycles. The summed E-state index contributed by atoms with van der Waals surface area (Å²) >= 11 is 0. The topological polar surface area (TPSA) is 49.3 Å². The van der Waals surface area contributed by atoms with Gasteiger partial charge in [0.1, 0.15) is 11.4 Å². The highest BCUT2D eigenvalue weighted by Crippen LogP contribution is 2.35. The molecule has 0 radical (unpaired) electrons. The maximum absolute atomic E-state index is 13.8. The normalized spacial score (nSPS) is 26.8. The zero-order valence-corrected chi connectivity index (χ0v) is 11.9. The van der Waals surface area contributed by atoms with E-state index in [1.807, 2.05) is 0 Å². The second-order valence-corrected chi connectivity index (χ2v) is 5.70. The van der Waals surface area contributed by atoms with Crippen LogP contribution in [0.4, 0.5) is 10.1 Å². The number of hydrogen-bond acceptors (Lipinski definition) is 2. The molecule has 2 rings (SSSR count). The zero-order valence-electron chi connectivity index (χ0n) is 11.9. The van der Waals surface area contributed by atoms with Gasteiger partial charge in [-0.2, -0.15) is 0 Å². The van der Waals surface area contributed by atoms with Crippen molar-refractivity contribution in [3.8, 4) is 0 Å². The molecule has 1 aromatic carbocycles. The second kappa shape index (κ2) is 6.25. The lowest BCUT2D eigenvalue weighted by atomic mass is 9.89. The summed E-state index contributed by atoms with van der Waals surface area (Å²) in [6.45, 7) is 2.14. The van der Waals surface area contributed by atoms with Gasteiger partial charge < -0.3 is 10.4 Å². The van der Waals surface area contributed by atoms with Crippen LogP contribution in [0.5, 0.6) is 0 Å². The lowest BCUT2D eigenvalue weighted by Gasteiger charge is -2.30. The molecule has 0 aromatic heterocycles. The van der Waals surface area contributed by atoms with Gasteiger partial charge in [0.05, 0.1) is 5.69 Å². The van der Waals surface area contributed by atoms with Crippen LogP contribution >= 0.6 is 0 Å². The van der Waals surface area contributed by atoms with Crippen LogP contribution in [-0.4, -0.2) is 16.6 Å². The van der Waals surface area contributed by atoms with Crippen molar-refractivity contribution in [3.63, 3.8) is 0 Å². The van der Waals surface area contributed by atoms with E-state index in [9.17, 15) is 14.3 Å². The monoisotopic (exact) mass is 279 g/mol. The molecule has 0 heterocycles. The van der Waals surface area contributed by atoms with Crippen LogP contribution in [0, 0.1) is 11.7 Å². The zero-order chi connectivity index (χ0) is 14.6. The first-order valence-electron chi connectivity index (χ1n) is 7.33. The van der Waals surface area contributed by atoms with E-state index in [4.69, 9.17) is 0 Å². The van der Waals surface area contributed by atoms with E-state index in [2.05, 4.69) is 12.2 Å². The highest BCUT2D eigenvalue weighted by molar-refractivity contribution is 5.82. The molecular weight excluding hydrogens is 257 g/mol. The van der Waals surface area contributed by atoms with E-state index >= 15 is 0 Å². The van der Waals surface area contributed by atoms with E-state index in [1.54, 1.807) is 18.2 Å². The standard InChI is InChI=1S/C16H22FNO2/c1-2-12-6-5-10-16(11-9-12,15(19)20)18-14-8-4-3-7-13(14)17/h3-4,7-8,12,18H,2,5-6,9-11H2,1H3,(H,19,20). The summed E-state index contributed by atoms with van der Waals surface area (Å²) in [6, 6.07) is 6.27. The fourth-order valence-corrected chi connectivity index (χ4v) is 3.03. The molecule has 3 nitrogen and oxygen atoms in total. The van der Waals surface area contributed by atoms with E-state index in [1.165, 1.54) is 6.07 Å². The first-order chi connectivity index (χ1) is 9.57. The highest BCUT2D eigenvalue weighted by Gasteiger charge is 2.40. The fourth-order valence-electron chi connectivity index (χ4n) is 3.03. The summed E-state index contributed by atoms with van der Waals surface area (Å²) in [6.07, 6.45) is 4.98. The van der Waals surface area contributed by atoms with Crippen LogP contribution in [0.1, 0.15) is 45.4 Å². The van der Waals surface area contributed by atoms with Crippen molar-refractivity contribution in [2.45, 2.75) is 51.0 Å². The average Bonchev–Trinajstić information content (AvgIpc) is 2.65. The van der Waals surface area contributed by atoms with Crippen molar-refractivity contribution in [1.82, 2.24) is 0 Å². The van der Waals surface area contributed by atoms with Gasteiger partial charge in [-0.15, -0.1) is 0 Å². The third-order valence-electron chi connectivity index (χ3n) is 4.43. The van der Waals surface area contributed by atoms with Crippen LogP contribution in [0.15, 0.2) is 24.3 Å². The molecule has 1 aliphatic rings. The molecular formula is C16H22FNO2. The van der Waals surface area contributed by atoms with Crippen LogP contribution in [0.3, 0.4) is 0 Å². The maximum atomic E-state index is 13.8. The number of carboxylic acids is 1.